The second-order valence-electron chi connectivity index (χ2n) is 5.66. The molecule has 1 aliphatic carbocycles. The van der Waals surface area contributed by atoms with Gasteiger partial charge in [-0.05, 0) is 17.9 Å². The lowest BCUT2D eigenvalue weighted by atomic mass is 9.79. The number of hydrogen-bond donors (Lipinski definition) is 0. The van der Waals surface area contributed by atoms with Gasteiger partial charge in [-0.15, -0.1) is 0 Å². The first-order valence-corrected chi connectivity index (χ1v) is 7.46. The van der Waals surface area contributed by atoms with E-state index in [2.05, 4.69) is 13.8 Å². The lowest BCUT2D eigenvalue weighted by molar-refractivity contribution is 0.0978. The molecule has 0 spiro atoms. The largest absolute Gasteiger partial charge is 0.289 e. The first kappa shape index (κ1) is 13.7. The number of carbonyl (C=O) groups is 2. The van der Waals surface area contributed by atoms with Crippen molar-refractivity contribution in [3.63, 3.8) is 0 Å². The Bertz CT molecular complexity index is 728. The first-order valence-electron chi connectivity index (χ1n) is 7.46. The Kier molecular flexibility index (Phi) is 3.46. The van der Waals surface area contributed by atoms with Crippen molar-refractivity contribution in [3.05, 3.63) is 70.3 Å². The molecule has 0 aromatic heterocycles. The summed E-state index contributed by atoms with van der Waals surface area (Å²) >= 11 is 0. The molecule has 0 fully saturated rings. The molecule has 2 nitrogen and oxygen atoms in total. The van der Waals surface area contributed by atoms with Crippen molar-refractivity contribution in [2.75, 3.05) is 0 Å². The van der Waals surface area contributed by atoms with E-state index in [-0.39, 0.29) is 17.5 Å². The van der Waals surface area contributed by atoms with E-state index in [9.17, 15) is 9.59 Å². The van der Waals surface area contributed by atoms with Crippen LogP contribution in [0.2, 0.25) is 0 Å². The highest BCUT2D eigenvalue weighted by Gasteiger charge is 2.31. The average molecular weight is 278 g/mol. The summed E-state index contributed by atoms with van der Waals surface area (Å²) in [6, 6.07) is 12.7. The Balaban J connectivity index is 2.21. The summed E-state index contributed by atoms with van der Waals surface area (Å²) in [6.45, 7) is 4.26. The Labute approximate surface area is 124 Å². The highest BCUT2D eigenvalue weighted by atomic mass is 16.1. The second-order valence-corrected chi connectivity index (χ2v) is 5.66. The number of ketones is 2. The van der Waals surface area contributed by atoms with Gasteiger partial charge >= 0.3 is 0 Å². The van der Waals surface area contributed by atoms with Crippen LogP contribution in [-0.2, 0) is 0 Å². The second kappa shape index (κ2) is 5.28. The van der Waals surface area contributed by atoms with Crippen molar-refractivity contribution in [1.82, 2.24) is 0 Å². The molecule has 2 aromatic carbocycles. The van der Waals surface area contributed by atoms with E-state index in [0.717, 1.165) is 18.4 Å². The molecule has 106 valence electrons. The summed E-state index contributed by atoms with van der Waals surface area (Å²) < 4.78 is 0. The van der Waals surface area contributed by atoms with Crippen LogP contribution in [0.4, 0.5) is 0 Å². The third-order valence-corrected chi connectivity index (χ3v) is 4.24. The average Bonchev–Trinajstić information content (AvgIpc) is 2.52. The summed E-state index contributed by atoms with van der Waals surface area (Å²) in [4.78, 5) is 25.5. The number of benzene rings is 2. The molecule has 1 unspecified atom stereocenters. The fourth-order valence-electron chi connectivity index (χ4n) is 3.17. The zero-order valence-electron chi connectivity index (χ0n) is 12.3. The van der Waals surface area contributed by atoms with Crippen LogP contribution in [-0.4, -0.2) is 11.6 Å². The molecule has 0 radical (unpaired) electrons. The van der Waals surface area contributed by atoms with Gasteiger partial charge in [0, 0.05) is 22.3 Å². The Morgan fingerprint density at radius 1 is 0.857 bits per heavy atom. The van der Waals surface area contributed by atoms with Crippen LogP contribution < -0.4 is 0 Å². The Morgan fingerprint density at radius 3 is 2.14 bits per heavy atom. The van der Waals surface area contributed by atoms with E-state index in [4.69, 9.17) is 0 Å². The van der Waals surface area contributed by atoms with Gasteiger partial charge in [0.1, 0.15) is 0 Å². The number of carbonyl (C=O) groups excluding carboxylic acids is 2. The van der Waals surface area contributed by atoms with Gasteiger partial charge in [-0.25, -0.2) is 0 Å². The van der Waals surface area contributed by atoms with Gasteiger partial charge in [0.2, 0.25) is 0 Å². The lowest BCUT2D eigenvalue weighted by Crippen LogP contribution is -2.23. The normalized spacial score (nSPS) is 14.6. The van der Waals surface area contributed by atoms with Crippen molar-refractivity contribution in [2.24, 2.45) is 0 Å². The summed E-state index contributed by atoms with van der Waals surface area (Å²) in [7, 11) is 0. The highest BCUT2D eigenvalue weighted by molar-refractivity contribution is 6.28. The number of hydrogen-bond acceptors (Lipinski definition) is 2. The van der Waals surface area contributed by atoms with Crippen molar-refractivity contribution in [1.29, 1.82) is 0 Å². The molecule has 21 heavy (non-hydrogen) atoms. The molecule has 1 aliphatic rings. The molecule has 0 aliphatic heterocycles. The lowest BCUT2D eigenvalue weighted by Gasteiger charge is -2.22. The van der Waals surface area contributed by atoms with Crippen molar-refractivity contribution in [3.8, 4) is 0 Å². The van der Waals surface area contributed by atoms with Crippen LogP contribution in [0.25, 0.3) is 0 Å². The molecule has 0 N–H and O–H groups in total. The quantitative estimate of drug-likeness (QED) is 0.713. The molecular formula is C19H18O2. The maximum atomic E-state index is 12.8. The van der Waals surface area contributed by atoms with Gasteiger partial charge in [-0.1, -0.05) is 62.7 Å². The third kappa shape index (κ3) is 2.11. The first-order chi connectivity index (χ1) is 10.1. The van der Waals surface area contributed by atoms with Gasteiger partial charge in [-0.2, -0.15) is 0 Å². The maximum Gasteiger partial charge on any atom is 0.194 e. The Morgan fingerprint density at radius 2 is 1.48 bits per heavy atom. The molecule has 0 amide bonds. The number of fused-ring (bicyclic) bond motifs is 2. The van der Waals surface area contributed by atoms with E-state index in [1.54, 1.807) is 24.3 Å². The summed E-state index contributed by atoms with van der Waals surface area (Å²) in [5, 5.41) is 0. The van der Waals surface area contributed by atoms with Crippen LogP contribution in [0.1, 0.15) is 70.0 Å². The van der Waals surface area contributed by atoms with E-state index in [1.165, 1.54) is 0 Å². The van der Waals surface area contributed by atoms with E-state index in [0.29, 0.717) is 22.3 Å². The van der Waals surface area contributed by atoms with Crippen molar-refractivity contribution >= 4 is 11.6 Å². The van der Waals surface area contributed by atoms with Crippen LogP contribution in [0.15, 0.2) is 42.5 Å². The minimum atomic E-state index is -0.0363. The van der Waals surface area contributed by atoms with E-state index < -0.39 is 0 Å². The van der Waals surface area contributed by atoms with Crippen LogP contribution >= 0.6 is 0 Å². The zero-order valence-corrected chi connectivity index (χ0v) is 12.3. The molecule has 0 bridgehead atoms. The summed E-state index contributed by atoms with van der Waals surface area (Å²) in [6.07, 6.45) is 2.07. The molecule has 2 heteroatoms. The summed E-state index contributed by atoms with van der Waals surface area (Å²) in [5.74, 6) is 0.233. The van der Waals surface area contributed by atoms with Crippen LogP contribution in [0.3, 0.4) is 0 Å². The smallest absolute Gasteiger partial charge is 0.194 e. The van der Waals surface area contributed by atoms with Crippen molar-refractivity contribution in [2.45, 2.75) is 32.6 Å². The van der Waals surface area contributed by atoms with Gasteiger partial charge < -0.3 is 0 Å². The SMILES string of the molecule is CCCC(C)c1cccc2c1C(=O)c1ccccc1C2=O. The molecule has 2 aromatic rings. The highest BCUT2D eigenvalue weighted by Crippen LogP contribution is 2.33. The van der Waals surface area contributed by atoms with E-state index >= 15 is 0 Å². The molecular weight excluding hydrogens is 260 g/mol. The molecule has 3 rings (SSSR count). The predicted octanol–water partition coefficient (Wildman–Crippen LogP) is 4.37. The molecule has 0 saturated carbocycles. The standard InChI is InChI=1S/C19H18O2/c1-3-7-12(2)13-10-6-11-16-17(13)19(21)15-9-5-4-8-14(15)18(16)20/h4-6,8-12H,3,7H2,1-2H3. The van der Waals surface area contributed by atoms with Gasteiger partial charge in [0.15, 0.2) is 11.6 Å². The minimum Gasteiger partial charge on any atom is -0.289 e. The third-order valence-electron chi connectivity index (χ3n) is 4.24. The predicted molar refractivity (Wildman–Crippen MR) is 83.1 cm³/mol. The summed E-state index contributed by atoms with van der Waals surface area (Å²) in [5.41, 5.74) is 3.23. The monoisotopic (exact) mass is 278 g/mol. The molecule has 0 saturated heterocycles. The van der Waals surface area contributed by atoms with Gasteiger partial charge in [0.25, 0.3) is 0 Å². The van der Waals surface area contributed by atoms with Crippen molar-refractivity contribution < 1.29 is 9.59 Å². The van der Waals surface area contributed by atoms with E-state index in [1.807, 2.05) is 18.2 Å². The fourth-order valence-corrected chi connectivity index (χ4v) is 3.17. The number of rotatable bonds is 3. The Hall–Kier alpha value is -2.22. The molecule has 0 heterocycles. The topological polar surface area (TPSA) is 34.1 Å². The van der Waals surface area contributed by atoms with Crippen LogP contribution in [0, 0.1) is 0 Å². The molecule has 1 atom stereocenters. The maximum absolute atomic E-state index is 12.8. The van der Waals surface area contributed by atoms with Gasteiger partial charge in [-0.3, -0.25) is 9.59 Å². The van der Waals surface area contributed by atoms with Crippen LogP contribution in [0.5, 0.6) is 0 Å². The fraction of sp³-hybridized carbons (Fsp3) is 0.263. The van der Waals surface area contributed by atoms with Gasteiger partial charge in [0.05, 0.1) is 0 Å². The minimum absolute atomic E-state index is 0.0150. The zero-order chi connectivity index (χ0) is 15.0.